The first-order valence-corrected chi connectivity index (χ1v) is 11.5. The molecule has 150 valence electrons. The van der Waals surface area contributed by atoms with Gasteiger partial charge in [-0.2, -0.15) is 0 Å². The summed E-state index contributed by atoms with van der Waals surface area (Å²) in [6.45, 7) is 0. The van der Waals surface area contributed by atoms with Crippen LogP contribution < -0.4 is 0 Å². The molecule has 29 heavy (non-hydrogen) atoms. The summed E-state index contributed by atoms with van der Waals surface area (Å²) in [4.78, 5) is 8.51. The van der Waals surface area contributed by atoms with Crippen molar-refractivity contribution in [3.05, 3.63) is 69.7 Å². The molecule has 1 heterocycles. The van der Waals surface area contributed by atoms with E-state index in [1.807, 2.05) is 24.3 Å². The minimum Gasteiger partial charge on any atom is -0.363 e. The fourth-order valence-corrected chi connectivity index (χ4v) is 7.27. The standard InChI is InChI=1S/C24H24Cl2N2O/c25-19-7-4-8-20(26)21(19)24-28(23(27-29-24)16-5-2-1-3-6-16)22-17-10-14-9-15(12-17)13-18(22)11-14/h1-8,14-15,17-18,22,24H,9-13H2. The van der Waals surface area contributed by atoms with Crippen molar-refractivity contribution in [2.75, 3.05) is 0 Å². The van der Waals surface area contributed by atoms with E-state index >= 15 is 0 Å². The molecule has 4 bridgehead atoms. The van der Waals surface area contributed by atoms with Crippen LogP contribution in [0.25, 0.3) is 0 Å². The third-order valence-corrected chi connectivity index (χ3v) is 8.17. The maximum atomic E-state index is 6.62. The summed E-state index contributed by atoms with van der Waals surface area (Å²) >= 11 is 13.2. The highest BCUT2D eigenvalue weighted by Gasteiger charge is 2.54. The van der Waals surface area contributed by atoms with Gasteiger partial charge in [-0.05, 0) is 67.9 Å². The molecular formula is C24H24Cl2N2O. The Balaban J connectivity index is 1.45. The highest BCUT2D eigenvalue weighted by Crippen LogP contribution is 2.57. The monoisotopic (exact) mass is 426 g/mol. The van der Waals surface area contributed by atoms with E-state index in [1.165, 1.54) is 32.1 Å². The highest BCUT2D eigenvalue weighted by atomic mass is 35.5. The molecule has 1 aliphatic heterocycles. The summed E-state index contributed by atoms with van der Waals surface area (Å²) in [6, 6.07) is 16.5. The minimum atomic E-state index is -0.367. The van der Waals surface area contributed by atoms with E-state index in [0.717, 1.165) is 28.8 Å². The number of halogens is 2. The van der Waals surface area contributed by atoms with Gasteiger partial charge in [0.05, 0.1) is 15.6 Å². The summed E-state index contributed by atoms with van der Waals surface area (Å²) < 4.78 is 0. The predicted molar refractivity (Wildman–Crippen MR) is 116 cm³/mol. The van der Waals surface area contributed by atoms with Crippen molar-refractivity contribution in [3.8, 4) is 0 Å². The van der Waals surface area contributed by atoms with Gasteiger partial charge in [-0.3, -0.25) is 0 Å². The lowest BCUT2D eigenvalue weighted by molar-refractivity contribution is -0.0933. The Morgan fingerprint density at radius 3 is 2.03 bits per heavy atom. The van der Waals surface area contributed by atoms with Crippen molar-refractivity contribution in [2.24, 2.45) is 28.8 Å². The lowest BCUT2D eigenvalue weighted by Crippen LogP contribution is -2.57. The number of amidine groups is 1. The average Bonchev–Trinajstić information content (AvgIpc) is 3.12. The van der Waals surface area contributed by atoms with Crippen molar-refractivity contribution >= 4 is 29.0 Å². The molecule has 1 atom stereocenters. The third kappa shape index (κ3) is 2.89. The van der Waals surface area contributed by atoms with Crippen LogP contribution in [0.4, 0.5) is 0 Å². The first kappa shape index (κ1) is 18.1. The molecule has 3 nitrogen and oxygen atoms in total. The molecule has 0 spiro atoms. The molecule has 4 aliphatic carbocycles. The fourth-order valence-electron chi connectivity index (χ4n) is 6.68. The Labute approximate surface area is 181 Å². The Morgan fingerprint density at radius 1 is 0.793 bits per heavy atom. The first-order valence-electron chi connectivity index (χ1n) is 10.7. The van der Waals surface area contributed by atoms with Gasteiger partial charge in [0.1, 0.15) is 0 Å². The number of hydrogen-bond donors (Lipinski definition) is 0. The van der Waals surface area contributed by atoms with Crippen LogP contribution in [-0.2, 0) is 4.84 Å². The first-order chi connectivity index (χ1) is 14.2. The number of rotatable bonds is 3. The van der Waals surface area contributed by atoms with Crippen LogP contribution in [-0.4, -0.2) is 16.8 Å². The average molecular weight is 427 g/mol. The molecule has 0 saturated heterocycles. The molecule has 4 saturated carbocycles. The Morgan fingerprint density at radius 2 is 1.41 bits per heavy atom. The maximum Gasteiger partial charge on any atom is 0.230 e. The smallest absolute Gasteiger partial charge is 0.230 e. The molecule has 2 aromatic rings. The summed E-state index contributed by atoms with van der Waals surface area (Å²) in [5.41, 5.74) is 1.92. The Kier molecular flexibility index (Phi) is 4.32. The summed E-state index contributed by atoms with van der Waals surface area (Å²) in [7, 11) is 0. The second-order valence-corrected chi connectivity index (χ2v) is 10.0. The van der Waals surface area contributed by atoms with Gasteiger partial charge in [-0.25, -0.2) is 0 Å². The normalized spacial score (nSPS) is 35.0. The van der Waals surface area contributed by atoms with E-state index in [-0.39, 0.29) is 6.23 Å². The molecule has 4 fully saturated rings. The van der Waals surface area contributed by atoms with Crippen LogP contribution in [0.1, 0.15) is 49.5 Å². The van der Waals surface area contributed by atoms with Crippen molar-refractivity contribution in [2.45, 2.75) is 44.4 Å². The minimum absolute atomic E-state index is 0.367. The molecule has 0 aromatic heterocycles. The van der Waals surface area contributed by atoms with Gasteiger partial charge in [0.2, 0.25) is 6.23 Å². The quantitative estimate of drug-likeness (QED) is 0.558. The number of oxime groups is 1. The van der Waals surface area contributed by atoms with Crippen LogP contribution in [0.15, 0.2) is 53.7 Å². The molecule has 7 rings (SSSR count). The van der Waals surface area contributed by atoms with Crippen LogP contribution in [0, 0.1) is 23.7 Å². The lowest BCUT2D eigenvalue weighted by Gasteiger charge is -2.57. The van der Waals surface area contributed by atoms with Gasteiger partial charge in [0.15, 0.2) is 5.84 Å². The lowest BCUT2D eigenvalue weighted by atomic mass is 9.53. The zero-order valence-electron chi connectivity index (χ0n) is 16.2. The molecule has 1 unspecified atom stereocenters. The van der Waals surface area contributed by atoms with E-state index in [0.29, 0.717) is 27.9 Å². The van der Waals surface area contributed by atoms with Crippen molar-refractivity contribution in [1.82, 2.24) is 4.90 Å². The molecule has 2 aromatic carbocycles. The van der Waals surface area contributed by atoms with Crippen LogP contribution in [0.2, 0.25) is 10.0 Å². The number of hydrogen-bond acceptors (Lipinski definition) is 3. The Bertz CT molecular complexity index is 912. The molecular weight excluding hydrogens is 403 g/mol. The summed E-state index contributed by atoms with van der Waals surface area (Å²) in [5.74, 6) is 4.15. The largest absolute Gasteiger partial charge is 0.363 e. The van der Waals surface area contributed by atoms with Crippen molar-refractivity contribution in [3.63, 3.8) is 0 Å². The summed E-state index contributed by atoms with van der Waals surface area (Å²) in [6.07, 6.45) is 6.40. The highest BCUT2D eigenvalue weighted by molar-refractivity contribution is 6.36. The second-order valence-electron chi connectivity index (χ2n) is 9.20. The zero-order valence-corrected chi connectivity index (χ0v) is 17.7. The molecule has 0 radical (unpaired) electrons. The van der Waals surface area contributed by atoms with E-state index in [9.17, 15) is 0 Å². The van der Waals surface area contributed by atoms with Gasteiger partial charge < -0.3 is 9.74 Å². The van der Waals surface area contributed by atoms with Gasteiger partial charge in [-0.1, -0.05) is 64.8 Å². The van der Waals surface area contributed by atoms with Gasteiger partial charge >= 0.3 is 0 Å². The SMILES string of the molecule is Clc1cccc(Cl)c1C1ON=C(c2ccccc2)N1C1C2CC3CC(C2)CC1C3. The van der Waals surface area contributed by atoms with Crippen LogP contribution in [0.5, 0.6) is 0 Å². The topological polar surface area (TPSA) is 24.8 Å². The van der Waals surface area contributed by atoms with Crippen LogP contribution in [0.3, 0.4) is 0 Å². The predicted octanol–water partition coefficient (Wildman–Crippen LogP) is 6.51. The van der Waals surface area contributed by atoms with E-state index < -0.39 is 0 Å². The number of nitrogens with zero attached hydrogens (tertiary/aromatic N) is 2. The molecule has 0 amide bonds. The van der Waals surface area contributed by atoms with Gasteiger partial charge in [0, 0.05) is 11.6 Å². The maximum absolute atomic E-state index is 6.62. The molecule has 5 aliphatic rings. The molecule has 5 heteroatoms. The number of benzene rings is 2. The fraction of sp³-hybridized carbons (Fsp3) is 0.458. The Hall–Kier alpha value is -1.71. The van der Waals surface area contributed by atoms with Crippen LogP contribution >= 0.6 is 23.2 Å². The van der Waals surface area contributed by atoms with Crippen molar-refractivity contribution < 1.29 is 4.84 Å². The van der Waals surface area contributed by atoms with E-state index in [2.05, 4.69) is 34.3 Å². The summed E-state index contributed by atoms with van der Waals surface area (Å²) in [5, 5.41) is 5.86. The van der Waals surface area contributed by atoms with E-state index in [4.69, 9.17) is 28.0 Å². The van der Waals surface area contributed by atoms with E-state index in [1.54, 1.807) is 0 Å². The van der Waals surface area contributed by atoms with Crippen molar-refractivity contribution in [1.29, 1.82) is 0 Å². The third-order valence-electron chi connectivity index (χ3n) is 7.51. The molecule has 0 N–H and O–H groups in total. The van der Waals surface area contributed by atoms with Gasteiger partial charge in [-0.15, -0.1) is 0 Å². The van der Waals surface area contributed by atoms with Gasteiger partial charge in [0.25, 0.3) is 0 Å². The zero-order chi connectivity index (χ0) is 19.5. The second kappa shape index (κ2) is 6.92.